The number of rotatable bonds is 4. The minimum Gasteiger partial charge on any atom is -0.292 e. The van der Waals surface area contributed by atoms with Crippen LogP contribution in [-0.2, 0) is 16.6 Å². The van der Waals surface area contributed by atoms with E-state index in [0.717, 1.165) is 32.4 Å². The molecule has 26 heavy (non-hydrogen) atoms. The quantitative estimate of drug-likeness (QED) is 0.828. The molecule has 2 saturated heterocycles. The molecule has 1 spiro atoms. The zero-order chi connectivity index (χ0) is 18.2. The topological polar surface area (TPSA) is 40.6 Å². The average Bonchev–Trinajstić information content (AvgIpc) is 3.26. The Morgan fingerprint density at radius 3 is 2.46 bits per heavy atom. The SMILES string of the molecule is Cc1ccccc1CN1CCCC12CCN(S(=O)(=O)c1ccccc1)C2. The Morgan fingerprint density at radius 1 is 0.962 bits per heavy atom. The fourth-order valence-electron chi connectivity index (χ4n) is 4.46. The van der Waals surface area contributed by atoms with E-state index < -0.39 is 10.0 Å². The number of aryl methyl sites for hydroxylation is 1. The van der Waals surface area contributed by atoms with Gasteiger partial charge in [0.15, 0.2) is 0 Å². The molecule has 4 nitrogen and oxygen atoms in total. The van der Waals surface area contributed by atoms with Crippen LogP contribution >= 0.6 is 0 Å². The van der Waals surface area contributed by atoms with E-state index in [-0.39, 0.29) is 5.54 Å². The predicted molar refractivity (Wildman–Crippen MR) is 103 cm³/mol. The van der Waals surface area contributed by atoms with Crippen LogP contribution in [0.3, 0.4) is 0 Å². The number of nitrogens with zero attached hydrogens (tertiary/aromatic N) is 2. The van der Waals surface area contributed by atoms with Crippen LogP contribution in [0.2, 0.25) is 0 Å². The minimum atomic E-state index is -3.40. The van der Waals surface area contributed by atoms with Crippen LogP contribution in [0.1, 0.15) is 30.4 Å². The van der Waals surface area contributed by atoms with Crippen molar-refractivity contribution < 1.29 is 8.42 Å². The van der Waals surface area contributed by atoms with E-state index in [9.17, 15) is 8.42 Å². The smallest absolute Gasteiger partial charge is 0.243 e. The van der Waals surface area contributed by atoms with Gasteiger partial charge in [0, 0.05) is 25.2 Å². The van der Waals surface area contributed by atoms with E-state index in [0.29, 0.717) is 18.0 Å². The molecule has 5 heteroatoms. The molecule has 138 valence electrons. The Morgan fingerprint density at radius 2 is 1.69 bits per heavy atom. The Labute approximate surface area is 156 Å². The van der Waals surface area contributed by atoms with Gasteiger partial charge < -0.3 is 0 Å². The molecule has 0 radical (unpaired) electrons. The van der Waals surface area contributed by atoms with Gasteiger partial charge in [-0.25, -0.2) is 8.42 Å². The highest BCUT2D eigenvalue weighted by atomic mass is 32.2. The molecular formula is C21H26N2O2S. The van der Waals surface area contributed by atoms with Gasteiger partial charge in [-0.05, 0) is 56.0 Å². The average molecular weight is 371 g/mol. The van der Waals surface area contributed by atoms with Crippen molar-refractivity contribution in [1.82, 2.24) is 9.21 Å². The summed E-state index contributed by atoms with van der Waals surface area (Å²) in [5, 5.41) is 0. The maximum Gasteiger partial charge on any atom is 0.243 e. The summed E-state index contributed by atoms with van der Waals surface area (Å²) in [4.78, 5) is 2.93. The largest absolute Gasteiger partial charge is 0.292 e. The van der Waals surface area contributed by atoms with Crippen LogP contribution in [0, 0.1) is 6.92 Å². The first-order valence-corrected chi connectivity index (χ1v) is 10.8. The minimum absolute atomic E-state index is 0.00979. The van der Waals surface area contributed by atoms with Gasteiger partial charge in [0.05, 0.1) is 4.90 Å². The molecule has 2 aromatic carbocycles. The number of hydrogen-bond acceptors (Lipinski definition) is 3. The van der Waals surface area contributed by atoms with Crippen LogP contribution in [-0.4, -0.2) is 42.8 Å². The third kappa shape index (κ3) is 3.08. The number of likely N-dealkylation sites (tertiary alicyclic amines) is 1. The summed E-state index contributed by atoms with van der Waals surface area (Å²) >= 11 is 0. The Balaban J connectivity index is 1.55. The van der Waals surface area contributed by atoms with Gasteiger partial charge in [0.25, 0.3) is 0 Å². The number of benzene rings is 2. The van der Waals surface area contributed by atoms with Crippen molar-refractivity contribution >= 4 is 10.0 Å². The Kier molecular flexibility index (Phi) is 4.63. The summed E-state index contributed by atoms with van der Waals surface area (Å²) in [5.74, 6) is 0. The second-order valence-electron chi connectivity index (χ2n) is 7.58. The van der Waals surface area contributed by atoms with Gasteiger partial charge in [-0.3, -0.25) is 4.90 Å². The number of hydrogen-bond donors (Lipinski definition) is 0. The molecule has 4 rings (SSSR count). The Bertz CT molecular complexity index is 882. The van der Waals surface area contributed by atoms with Crippen molar-refractivity contribution in [3.8, 4) is 0 Å². The lowest BCUT2D eigenvalue weighted by Crippen LogP contribution is -2.46. The zero-order valence-corrected chi connectivity index (χ0v) is 16.1. The fourth-order valence-corrected chi connectivity index (χ4v) is 6.00. The maximum atomic E-state index is 13.0. The molecule has 0 N–H and O–H groups in total. The lowest BCUT2D eigenvalue weighted by Gasteiger charge is -2.35. The second-order valence-corrected chi connectivity index (χ2v) is 9.52. The third-order valence-electron chi connectivity index (χ3n) is 6.04. The van der Waals surface area contributed by atoms with Gasteiger partial charge in [-0.1, -0.05) is 42.5 Å². The summed E-state index contributed by atoms with van der Waals surface area (Å²) in [6.45, 7) is 5.33. The first-order chi connectivity index (χ1) is 12.5. The highest BCUT2D eigenvalue weighted by molar-refractivity contribution is 7.89. The monoisotopic (exact) mass is 370 g/mol. The molecule has 1 unspecified atom stereocenters. The lowest BCUT2D eigenvalue weighted by atomic mass is 9.94. The van der Waals surface area contributed by atoms with Gasteiger partial charge >= 0.3 is 0 Å². The summed E-state index contributed by atoms with van der Waals surface area (Å²) < 4.78 is 27.7. The third-order valence-corrected chi connectivity index (χ3v) is 7.90. The van der Waals surface area contributed by atoms with E-state index in [1.165, 1.54) is 11.1 Å². The van der Waals surface area contributed by atoms with Crippen LogP contribution in [0.25, 0.3) is 0 Å². The highest BCUT2D eigenvalue weighted by Crippen LogP contribution is 2.40. The van der Waals surface area contributed by atoms with Gasteiger partial charge in [-0.15, -0.1) is 0 Å². The van der Waals surface area contributed by atoms with Crippen molar-refractivity contribution in [2.45, 2.75) is 43.2 Å². The summed E-state index contributed by atoms with van der Waals surface area (Å²) in [6.07, 6.45) is 3.15. The van der Waals surface area contributed by atoms with E-state index in [1.54, 1.807) is 28.6 Å². The molecule has 2 aliphatic heterocycles. The fraction of sp³-hybridized carbons (Fsp3) is 0.429. The Hall–Kier alpha value is -1.69. The normalized spacial score (nSPS) is 24.5. The van der Waals surface area contributed by atoms with Gasteiger partial charge in [0.2, 0.25) is 10.0 Å². The molecule has 0 aromatic heterocycles. The molecule has 2 heterocycles. The molecule has 2 fully saturated rings. The second kappa shape index (κ2) is 6.80. The first-order valence-electron chi connectivity index (χ1n) is 9.36. The molecule has 1 atom stereocenters. The van der Waals surface area contributed by atoms with Crippen LogP contribution in [0.5, 0.6) is 0 Å². The molecular weight excluding hydrogens is 344 g/mol. The van der Waals surface area contributed by atoms with Crippen molar-refractivity contribution in [2.24, 2.45) is 0 Å². The van der Waals surface area contributed by atoms with E-state index in [4.69, 9.17) is 0 Å². The van der Waals surface area contributed by atoms with Crippen molar-refractivity contribution in [3.05, 3.63) is 65.7 Å². The molecule has 2 aliphatic rings. The first kappa shape index (κ1) is 17.7. The highest BCUT2D eigenvalue weighted by Gasteiger charge is 2.48. The van der Waals surface area contributed by atoms with Gasteiger partial charge in [-0.2, -0.15) is 4.31 Å². The van der Waals surface area contributed by atoms with Crippen LogP contribution < -0.4 is 0 Å². The molecule has 0 aliphatic carbocycles. The summed E-state index contributed by atoms with van der Waals surface area (Å²) in [5.41, 5.74) is 2.64. The summed E-state index contributed by atoms with van der Waals surface area (Å²) in [6, 6.07) is 17.3. The van der Waals surface area contributed by atoms with Crippen molar-refractivity contribution in [1.29, 1.82) is 0 Å². The van der Waals surface area contributed by atoms with E-state index in [1.807, 2.05) is 6.07 Å². The molecule has 0 bridgehead atoms. The zero-order valence-electron chi connectivity index (χ0n) is 15.3. The van der Waals surface area contributed by atoms with E-state index >= 15 is 0 Å². The predicted octanol–water partition coefficient (Wildman–Crippen LogP) is 3.42. The van der Waals surface area contributed by atoms with Crippen LogP contribution in [0.15, 0.2) is 59.5 Å². The summed E-state index contributed by atoms with van der Waals surface area (Å²) in [7, 11) is -3.40. The van der Waals surface area contributed by atoms with Crippen molar-refractivity contribution in [3.63, 3.8) is 0 Å². The lowest BCUT2D eigenvalue weighted by molar-refractivity contribution is 0.141. The van der Waals surface area contributed by atoms with Crippen LogP contribution in [0.4, 0.5) is 0 Å². The standard InChI is InChI=1S/C21H26N2O2S/c1-18-8-5-6-9-19(18)16-22-14-7-12-21(22)13-15-23(17-21)26(24,25)20-10-3-2-4-11-20/h2-6,8-11H,7,12-17H2,1H3. The molecule has 2 aromatic rings. The molecule has 0 amide bonds. The molecule has 0 saturated carbocycles. The van der Waals surface area contributed by atoms with Gasteiger partial charge in [0.1, 0.15) is 0 Å². The van der Waals surface area contributed by atoms with E-state index in [2.05, 4.69) is 36.1 Å². The maximum absolute atomic E-state index is 13.0. The number of sulfonamides is 1. The van der Waals surface area contributed by atoms with Crippen molar-refractivity contribution in [2.75, 3.05) is 19.6 Å².